The van der Waals surface area contributed by atoms with Crippen molar-refractivity contribution in [3.05, 3.63) is 135 Å². The van der Waals surface area contributed by atoms with Gasteiger partial charge in [0.25, 0.3) is 5.91 Å². The summed E-state index contributed by atoms with van der Waals surface area (Å²) >= 11 is 3.48. The maximum atomic E-state index is 12.8. The molecule has 0 radical (unpaired) electrons. The van der Waals surface area contributed by atoms with Crippen molar-refractivity contribution in [1.82, 2.24) is 9.78 Å². The van der Waals surface area contributed by atoms with E-state index in [0.29, 0.717) is 22.6 Å². The van der Waals surface area contributed by atoms with Crippen molar-refractivity contribution in [3.8, 4) is 5.75 Å². The van der Waals surface area contributed by atoms with Crippen LogP contribution in [-0.4, -0.2) is 15.7 Å². The van der Waals surface area contributed by atoms with Gasteiger partial charge in [-0.25, -0.2) is 0 Å². The van der Waals surface area contributed by atoms with E-state index in [2.05, 4.69) is 108 Å². The monoisotopic (exact) mass is 583 g/mol. The van der Waals surface area contributed by atoms with E-state index in [4.69, 9.17) is 9.15 Å². The molecular weight excluding hydrogens is 554 g/mol. The van der Waals surface area contributed by atoms with Gasteiger partial charge in [-0.15, -0.1) is 0 Å². The third-order valence-corrected chi connectivity index (χ3v) is 7.33. The first-order valence-electron chi connectivity index (χ1n) is 12.8. The lowest BCUT2D eigenvalue weighted by Crippen LogP contribution is -2.18. The Morgan fingerprint density at radius 1 is 0.949 bits per heavy atom. The number of amides is 1. The summed E-state index contributed by atoms with van der Waals surface area (Å²) in [7, 11) is 0. The fourth-order valence-electron chi connectivity index (χ4n) is 4.33. The van der Waals surface area contributed by atoms with Crippen LogP contribution in [0.3, 0.4) is 0 Å². The minimum absolute atomic E-state index is 0.117. The first-order chi connectivity index (χ1) is 18.8. The molecule has 0 spiro atoms. The number of nitrogens with one attached hydrogen (secondary N) is 1. The molecule has 0 aliphatic carbocycles. The van der Waals surface area contributed by atoms with Gasteiger partial charge >= 0.3 is 0 Å². The van der Waals surface area contributed by atoms with Crippen molar-refractivity contribution < 1.29 is 13.9 Å². The lowest BCUT2D eigenvalue weighted by molar-refractivity contribution is 0.0992. The second-order valence-electron chi connectivity index (χ2n) is 10.0. The molecule has 3 aromatic carbocycles. The van der Waals surface area contributed by atoms with Gasteiger partial charge in [0, 0.05) is 11.6 Å². The second kappa shape index (κ2) is 11.3. The average Bonchev–Trinajstić information content (AvgIpc) is 3.56. The standard InChI is InChI=1S/C32H30BrN3O3/c1-22-9-11-23(12-10-22)19-36-20-28(33)30(35-36)34-31(37)29-18-17-27(39-29)21-38-26-15-13-25(14-16-26)32(2,3)24-7-5-4-6-8-24/h4-18,20H,19,21H2,1-3H3,(H,34,35,37). The number of hydrogen-bond acceptors (Lipinski definition) is 4. The van der Waals surface area contributed by atoms with Gasteiger partial charge in [-0.3, -0.25) is 9.48 Å². The minimum Gasteiger partial charge on any atom is -0.486 e. The number of nitrogens with zero attached hydrogens (tertiary/aromatic N) is 2. The van der Waals surface area contributed by atoms with Crippen LogP contribution >= 0.6 is 15.9 Å². The molecule has 2 aromatic heterocycles. The van der Waals surface area contributed by atoms with E-state index >= 15 is 0 Å². The number of carbonyl (C=O) groups excluding carboxylic acids is 1. The zero-order chi connectivity index (χ0) is 27.4. The molecule has 0 saturated carbocycles. The lowest BCUT2D eigenvalue weighted by Gasteiger charge is -2.26. The Morgan fingerprint density at radius 2 is 1.64 bits per heavy atom. The van der Waals surface area contributed by atoms with Crippen molar-refractivity contribution in [3.63, 3.8) is 0 Å². The lowest BCUT2D eigenvalue weighted by atomic mass is 9.78. The number of rotatable bonds is 9. The number of furan rings is 1. The topological polar surface area (TPSA) is 69.3 Å². The molecule has 0 bridgehead atoms. The highest BCUT2D eigenvalue weighted by Gasteiger charge is 2.22. The summed E-state index contributed by atoms with van der Waals surface area (Å²) in [5.41, 5.74) is 4.67. The van der Waals surface area contributed by atoms with Crippen LogP contribution in [0.5, 0.6) is 5.75 Å². The van der Waals surface area contributed by atoms with Gasteiger partial charge in [-0.05, 0) is 63.8 Å². The minimum atomic E-state index is -0.380. The van der Waals surface area contributed by atoms with Gasteiger partial charge in [0.05, 0.1) is 11.0 Å². The molecule has 39 heavy (non-hydrogen) atoms. The Bertz CT molecular complexity index is 1550. The van der Waals surface area contributed by atoms with Gasteiger partial charge in [0.2, 0.25) is 0 Å². The van der Waals surface area contributed by atoms with Crippen molar-refractivity contribution in [2.75, 3.05) is 5.32 Å². The Morgan fingerprint density at radius 3 is 2.36 bits per heavy atom. The number of halogens is 1. The molecule has 5 rings (SSSR count). The quantitative estimate of drug-likeness (QED) is 0.192. The molecule has 0 saturated heterocycles. The number of ether oxygens (including phenoxy) is 1. The van der Waals surface area contributed by atoms with Gasteiger partial charge < -0.3 is 14.5 Å². The number of anilines is 1. The number of aryl methyl sites for hydroxylation is 1. The summed E-state index contributed by atoms with van der Waals surface area (Å²) in [6.45, 7) is 7.28. The van der Waals surface area contributed by atoms with Gasteiger partial charge in [-0.1, -0.05) is 86.1 Å². The Balaban J connectivity index is 1.17. The number of carbonyl (C=O) groups is 1. The maximum absolute atomic E-state index is 12.8. The van der Waals surface area contributed by atoms with E-state index in [9.17, 15) is 4.79 Å². The van der Waals surface area contributed by atoms with E-state index in [-0.39, 0.29) is 23.7 Å². The number of hydrogen-bond donors (Lipinski definition) is 1. The summed E-state index contributed by atoms with van der Waals surface area (Å²) < 4.78 is 14.1. The molecule has 0 aliphatic rings. The molecule has 2 heterocycles. The highest BCUT2D eigenvalue weighted by Crippen LogP contribution is 2.32. The predicted octanol–water partition coefficient (Wildman–Crippen LogP) is 7.75. The Labute approximate surface area is 236 Å². The normalized spacial score (nSPS) is 11.4. The smallest absolute Gasteiger partial charge is 0.292 e. The molecule has 198 valence electrons. The molecule has 0 aliphatic heterocycles. The third-order valence-electron chi connectivity index (χ3n) is 6.75. The van der Waals surface area contributed by atoms with E-state index < -0.39 is 0 Å². The highest BCUT2D eigenvalue weighted by molar-refractivity contribution is 9.10. The average molecular weight is 585 g/mol. The van der Waals surface area contributed by atoms with Gasteiger partial charge in [0.15, 0.2) is 11.6 Å². The summed E-state index contributed by atoms with van der Waals surface area (Å²) in [6.07, 6.45) is 1.84. The maximum Gasteiger partial charge on any atom is 0.292 e. The predicted molar refractivity (Wildman–Crippen MR) is 156 cm³/mol. The fourth-order valence-corrected chi connectivity index (χ4v) is 4.75. The summed E-state index contributed by atoms with van der Waals surface area (Å²) in [5, 5.41) is 7.30. The number of benzene rings is 3. The molecule has 1 amide bonds. The molecule has 5 aromatic rings. The first-order valence-corrected chi connectivity index (χ1v) is 13.5. The molecule has 0 fully saturated rings. The summed E-state index contributed by atoms with van der Waals surface area (Å²) in [4.78, 5) is 12.8. The molecular formula is C32H30BrN3O3. The van der Waals surface area contributed by atoms with Crippen LogP contribution in [0.15, 0.2) is 106 Å². The zero-order valence-electron chi connectivity index (χ0n) is 22.1. The SMILES string of the molecule is Cc1ccc(Cn2cc(Br)c(NC(=O)c3ccc(COc4ccc(C(C)(C)c5ccccc5)cc4)o3)n2)cc1. The molecule has 1 N–H and O–H groups in total. The van der Waals surface area contributed by atoms with Crippen molar-refractivity contribution in [2.24, 2.45) is 0 Å². The highest BCUT2D eigenvalue weighted by atomic mass is 79.9. The van der Waals surface area contributed by atoms with Crippen LogP contribution in [0.1, 0.15) is 52.4 Å². The van der Waals surface area contributed by atoms with Crippen molar-refractivity contribution in [1.29, 1.82) is 0 Å². The molecule has 0 unspecified atom stereocenters. The third kappa shape index (κ3) is 6.32. The second-order valence-corrected chi connectivity index (χ2v) is 10.9. The summed E-state index contributed by atoms with van der Waals surface area (Å²) in [6, 6.07) is 30.2. The van der Waals surface area contributed by atoms with E-state index in [1.54, 1.807) is 16.8 Å². The molecule has 6 nitrogen and oxygen atoms in total. The Hall–Kier alpha value is -4.10. The molecule has 0 atom stereocenters. The fraction of sp³-hybridized carbons (Fsp3) is 0.188. The van der Waals surface area contributed by atoms with E-state index in [0.717, 1.165) is 11.3 Å². The summed E-state index contributed by atoms with van der Waals surface area (Å²) in [5.74, 6) is 1.52. The van der Waals surface area contributed by atoms with E-state index in [1.165, 1.54) is 16.7 Å². The Kier molecular flexibility index (Phi) is 7.70. The zero-order valence-corrected chi connectivity index (χ0v) is 23.7. The van der Waals surface area contributed by atoms with Crippen LogP contribution in [0.2, 0.25) is 0 Å². The van der Waals surface area contributed by atoms with Crippen LogP contribution in [-0.2, 0) is 18.6 Å². The largest absolute Gasteiger partial charge is 0.486 e. The van der Waals surface area contributed by atoms with Crippen LogP contribution < -0.4 is 10.1 Å². The first kappa shape index (κ1) is 26.5. The molecule has 7 heteroatoms. The van der Waals surface area contributed by atoms with Crippen LogP contribution in [0.4, 0.5) is 5.82 Å². The van der Waals surface area contributed by atoms with Crippen LogP contribution in [0.25, 0.3) is 0 Å². The van der Waals surface area contributed by atoms with E-state index in [1.807, 2.05) is 24.4 Å². The van der Waals surface area contributed by atoms with Crippen molar-refractivity contribution >= 4 is 27.7 Å². The van der Waals surface area contributed by atoms with Gasteiger partial charge in [-0.2, -0.15) is 5.10 Å². The van der Waals surface area contributed by atoms with Crippen molar-refractivity contribution in [2.45, 2.75) is 39.3 Å². The van der Waals surface area contributed by atoms with Gasteiger partial charge in [0.1, 0.15) is 18.1 Å². The number of aromatic nitrogens is 2. The van der Waals surface area contributed by atoms with Crippen LogP contribution in [0, 0.1) is 6.92 Å².